The Bertz CT molecular complexity index is 1020. The summed E-state index contributed by atoms with van der Waals surface area (Å²) in [6, 6.07) is 9.23. The molecule has 3 heterocycles. The monoisotopic (exact) mass is 449 g/mol. The summed E-state index contributed by atoms with van der Waals surface area (Å²) in [5, 5.41) is 6.28. The molecule has 33 heavy (non-hydrogen) atoms. The molecule has 174 valence electrons. The third-order valence-corrected chi connectivity index (χ3v) is 8.15. The van der Waals surface area contributed by atoms with Crippen LogP contribution in [0.15, 0.2) is 42.5 Å². The van der Waals surface area contributed by atoms with E-state index in [4.69, 9.17) is 4.74 Å². The quantitative estimate of drug-likeness (QED) is 0.651. The van der Waals surface area contributed by atoms with Gasteiger partial charge in [0.05, 0.1) is 17.4 Å². The fraction of sp³-hybridized carbons (Fsp3) is 0.577. The second kappa shape index (κ2) is 7.42. The van der Waals surface area contributed by atoms with Gasteiger partial charge in [-0.2, -0.15) is 0 Å². The highest BCUT2D eigenvalue weighted by atomic mass is 16.5. The molecule has 1 aromatic carbocycles. The van der Waals surface area contributed by atoms with Crippen LogP contribution in [0.5, 0.6) is 0 Å². The highest BCUT2D eigenvalue weighted by Crippen LogP contribution is 2.60. The average Bonchev–Trinajstić information content (AvgIpc) is 3.13. The average molecular weight is 450 g/mol. The number of likely N-dealkylation sites (tertiary alicyclic amines) is 1. The van der Waals surface area contributed by atoms with Crippen molar-refractivity contribution in [1.82, 2.24) is 15.5 Å². The van der Waals surface area contributed by atoms with Crippen LogP contribution in [0.1, 0.15) is 51.0 Å². The number of carbonyl (C=O) groups is 3. The third-order valence-electron chi connectivity index (χ3n) is 8.15. The van der Waals surface area contributed by atoms with Crippen molar-refractivity contribution in [3.63, 3.8) is 0 Å². The molecule has 2 N–H and O–H groups in total. The van der Waals surface area contributed by atoms with E-state index in [9.17, 15) is 14.4 Å². The van der Waals surface area contributed by atoms with Gasteiger partial charge in [0.1, 0.15) is 11.6 Å². The first-order chi connectivity index (χ1) is 15.9. The van der Waals surface area contributed by atoms with E-state index in [0.29, 0.717) is 6.54 Å². The first kappa shape index (κ1) is 20.9. The maximum absolute atomic E-state index is 13.9. The smallest absolute Gasteiger partial charge is 0.246 e. The lowest BCUT2D eigenvalue weighted by atomic mass is 9.70. The molecule has 3 amide bonds. The molecule has 0 aromatic heterocycles. The van der Waals surface area contributed by atoms with Gasteiger partial charge < -0.3 is 20.3 Å². The number of nitrogens with one attached hydrogen (secondary N) is 2. The van der Waals surface area contributed by atoms with Gasteiger partial charge in [-0.3, -0.25) is 14.4 Å². The van der Waals surface area contributed by atoms with Crippen molar-refractivity contribution in [2.45, 2.75) is 81.3 Å². The molecule has 6 rings (SSSR count). The molecule has 1 spiro atoms. The normalized spacial score (nSPS) is 36.9. The van der Waals surface area contributed by atoms with Crippen molar-refractivity contribution >= 4 is 17.7 Å². The van der Waals surface area contributed by atoms with Gasteiger partial charge in [0.25, 0.3) is 0 Å². The van der Waals surface area contributed by atoms with E-state index in [0.717, 1.165) is 44.1 Å². The summed E-state index contributed by atoms with van der Waals surface area (Å²) in [5.41, 5.74) is -1.05. The number of amides is 3. The Kier molecular flexibility index (Phi) is 4.70. The first-order valence-corrected chi connectivity index (χ1v) is 12.3. The molecule has 0 radical (unpaired) electrons. The summed E-state index contributed by atoms with van der Waals surface area (Å²) in [5.74, 6) is -1.83. The Morgan fingerprint density at radius 2 is 1.67 bits per heavy atom. The first-order valence-electron chi connectivity index (χ1n) is 12.3. The minimum atomic E-state index is -1.12. The van der Waals surface area contributed by atoms with Crippen LogP contribution in [0.4, 0.5) is 0 Å². The molecule has 4 fully saturated rings. The minimum Gasteiger partial charge on any atom is -0.356 e. The van der Waals surface area contributed by atoms with E-state index in [1.54, 1.807) is 4.90 Å². The Labute approximate surface area is 193 Å². The topological polar surface area (TPSA) is 87.7 Å². The van der Waals surface area contributed by atoms with Crippen molar-refractivity contribution in [3.8, 4) is 0 Å². The Hall–Kier alpha value is -2.67. The van der Waals surface area contributed by atoms with Gasteiger partial charge in [0, 0.05) is 18.6 Å². The number of nitrogens with zero attached hydrogens (tertiary/aromatic N) is 1. The van der Waals surface area contributed by atoms with E-state index in [1.807, 2.05) is 49.4 Å². The summed E-state index contributed by atoms with van der Waals surface area (Å²) in [4.78, 5) is 42.6. The number of benzene rings is 1. The molecule has 5 aliphatic rings. The summed E-state index contributed by atoms with van der Waals surface area (Å²) in [7, 11) is 0. The fourth-order valence-electron chi connectivity index (χ4n) is 6.45. The number of hydrogen-bond donors (Lipinski definition) is 2. The van der Waals surface area contributed by atoms with Crippen molar-refractivity contribution in [2.75, 3.05) is 0 Å². The van der Waals surface area contributed by atoms with Crippen molar-refractivity contribution in [2.24, 2.45) is 11.8 Å². The standard InChI is InChI=1S/C26H31N3O4/c1-25-13-14-26(33-25)20(19(25)22(30)27-18-11-12-18)24(32)29(15-16-7-3-2-4-8-16)21(26)23(31)28-17-9-5-6-10-17/h2-4,7-8,13-14,17-21H,5-6,9-12,15H2,1H3,(H,27,30)(H,28,31). The van der Waals surface area contributed by atoms with Gasteiger partial charge in [-0.25, -0.2) is 0 Å². The van der Waals surface area contributed by atoms with Gasteiger partial charge in [0.2, 0.25) is 17.7 Å². The molecule has 2 saturated carbocycles. The van der Waals surface area contributed by atoms with Crippen LogP contribution < -0.4 is 10.6 Å². The predicted octanol–water partition coefficient (Wildman–Crippen LogP) is 2.06. The van der Waals surface area contributed by atoms with Crippen LogP contribution in [0, 0.1) is 11.8 Å². The van der Waals surface area contributed by atoms with Crippen molar-refractivity contribution in [1.29, 1.82) is 0 Å². The SMILES string of the molecule is CC12C=CC3(O1)C(C(=O)N(Cc1ccccc1)C3C(=O)NC1CCCC1)C2C(=O)NC1CC1. The number of hydrogen-bond acceptors (Lipinski definition) is 4. The van der Waals surface area contributed by atoms with E-state index >= 15 is 0 Å². The van der Waals surface area contributed by atoms with Crippen LogP contribution in [-0.4, -0.2) is 51.9 Å². The lowest BCUT2D eigenvalue weighted by Crippen LogP contribution is -2.56. The van der Waals surface area contributed by atoms with Gasteiger partial charge in [-0.05, 0) is 38.2 Å². The second-order valence-corrected chi connectivity index (χ2v) is 10.6. The molecular formula is C26H31N3O4. The Morgan fingerprint density at radius 1 is 1.00 bits per heavy atom. The number of carbonyl (C=O) groups excluding carboxylic acids is 3. The molecule has 1 aromatic rings. The maximum atomic E-state index is 13.9. The number of rotatable bonds is 6. The second-order valence-electron chi connectivity index (χ2n) is 10.6. The lowest BCUT2D eigenvalue weighted by molar-refractivity contribution is -0.145. The van der Waals surface area contributed by atoms with Crippen LogP contribution in [-0.2, 0) is 25.7 Å². The number of fused-ring (bicyclic) bond motifs is 1. The van der Waals surface area contributed by atoms with E-state index < -0.39 is 29.1 Å². The van der Waals surface area contributed by atoms with Crippen LogP contribution in [0.2, 0.25) is 0 Å². The zero-order valence-electron chi connectivity index (χ0n) is 19.0. The number of ether oxygens (including phenoxy) is 1. The van der Waals surface area contributed by atoms with Gasteiger partial charge >= 0.3 is 0 Å². The highest BCUT2D eigenvalue weighted by molar-refractivity contribution is 6.00. The van der Waals surface area contributed by atoms with Crippen LogP contribution >= 0.6 is 0 Å². The largest absolute Gasteiger partial charge is 0.356 e. The summed E-state index contributed by atoms with van der Waals surface area (Å²) >= 11 is 0. The summed E-state index contributed by atoms with van der Waals surface area (Å²) < 4.78 is 6.55. The van der Waals surface area contributed by atoms with Crippen LogP contribution in [0.3, 0.4) is 0 Å². The molecule has 2 bridgehead atoms. The molecule has 3 aliphatic heterocycles. The zero-order chi connectivity index (χ0) is 22.8. The van der Waals surface area contributed by atoms with Crippen LogP contribution in [0.25, 0.3) is 0 Å². The highest BCUT2D eigenvalue weighted by Gasteiger charge is 2.76. The molecule has 2 aliphatic carbocycles. The summed E-state index contributed by atoms with van der Waals surface area (Å²) in [6.45, 7) is 2.18. The Morgan fingerprint density at radius 3 is 2.36 bits per heavy atom. The molecule has 5 atom stereocenters. The molecule has 2 saturated heterocycles. The zero-order valence-corrected chi connectivity index (χ0v) is 19.0. The third kappa shape index (κ3) is 3.23. The van der Waals surface area contributed by atoms with Crippen molar-refractivity contribution in [3.05, 3.63) is 48.0 Å². The van der Waals surface area contributed by atoms with E-state index in [1.165, 1.54) is 0 Å². The van der Waals surface area contributed by atoms with Gasteiger partial charge in [-0.15, -0.1) is 0 Å². The minimum absolute atomic E-state index is 0.133. The molecule has 7 heteroatoms. The fourth-order valence-corrected chi connectivity index (χ4v) is 6.45. The maximum Gasteiger partial charge on any atom is 0.246 e. The Balaban J connectivity index is 1.37. The van der Waals surface area contributed by atoms with Crippen molar-refractivity contribution < 1.29 is 19.1 Å². The van der Waals surface area contributed by atoms with Gasteiger partial charge in [-0.1, -0.05) is 55.3 Å². The lowest BCUT2D eigenvalue weighted by Gasteiger charge is -2.33. The molecule has 5 unspecified atom stereocenters. The van der Waals surface area contributed by atoms with E-state index in [2.05, 4.69) is 10.6 Å². The predicted molar refractivity (Wildman–Crippen MR) is 121 cm³/mol. The van der Waals surface area contributed by atoms with Gasteiger partial charge in [0.15, 0.2) is 0 Å². The van der Waals surface area contributed by atoms with E-state index in [-0.39, 0.29) is 29.8 Å². The summed E-state index contributed by atoms with van der Waals surface area (Å²) in [6.07, 6.45) is 9.87. The molecular weight excluding hydrogens is 418 g/mol. The molecule has 7 nitrogen and oxygen atoms in total.